The summed E-state index contributed by atoms with van der Waals surface area (Å²) in [5, 5.41) is 19.7. The number of amides is 3. The second kappa shape index (κ2) is 13.0. The molecule has 1 aliphatic heterocycles. The number of imide groups is 1. The Morgan fingerprint density at radius 2 is 2.05 bits per heavy atom. The summed E-state index contributed by atoms with van der Waals surface area (Å²) in [5.41, 5.74) is 7.36. The fraction of sp³-hybridized carbons (Fsp3) is 0.385. The van der Waals surface area contributed by atoms with Crippen LogP contribution in [0.5, 0.6) is 5.75 Å². The van der Waals surface area contributed by atoms with E-state index in [0.717, 1.165) is 10.5 Å². The Morgan fingerprint density at radius 1 is 1.29 bits per heavy atom. The van der Waals surface area contributed by atoms with Crippen LogP contribution >= 0.6 is 11.6 Å². The molecule has 12 heteroatoms. The number of nitrogen functional groups attached to an aromatic ring is 1. The average molecular weight is 546 g/mol. The first kappa shape index (κ1) is 28.6. The van der Waals surface area contributed by atoms with Gasteiger partial charge in [0.25, 0.3) is 0 Å². The van der Waals surface area contributed by atoms with Gasteiger partial charge < -0.3 is 31.0 Å². The number of nitrogens with zero attached hydrogens (tertiary/aromatic N) is 2. The summed E-state index contributed by atoms with van der Waals surface area (Å²) in [6.45, 7) is 2.04. The van der Waals surface area contributed by atoms with Crippen LogP contribution in [0.4, 0.5) is 10.5 Å². The number of benzene rings is 2. The molecule has 1 saturated heterocycles. The van der Waals surface area contributed by atoms with Crippen LogP contribution in [-0.2, 0) is 16.1 Å². The lowest BCUT2D eigenvalue weighted by Gasteiger charge is -2.26. The number of nitrogens with two attached hydrogens (primary N) is 1. The SMILES string of the molecule is CCC[C@@H](NC(=O)N1C/C(=N\OC)NC[C@H](Cc2cc(Cl)ccc2OC)C1=O)c1ccc(C(=O)O)c(N)c1. The van der Waals surface area contributed by atoms with Crippen LogP contribution in [0.15, 0.2) is 41.6 Å². The summed E-state index contributed by atoms with van der Waals surface area (Å²) < 4.78 is 5.43. The number of methoxy groups -OCH3 is 1. The molecule has 2 atom stereocenters. The first-order valence-electron chi connectivity index (χ1n) is 12.1. The Morgan fingerprint density at radius 3 is 2.68 bits per heavy atom. The van der Waals surface area contributed by atoms with Gasteiger partial charge in [-0.15, -0.1) is 0 Å². The smallest absolute Gasteiger partial charge is 0.337 e. The van der Waals surface area contributed by atoms with Crippen molar-refractivity contribution in [1.82, 2.24) is 15.5 Å². The van der Waals surface area contributed by atoms with E-state index >= 15 is 0 Å². The molecule has 3 rings (SSSR count). The third kappa shape index (κ3) is 6.86. The van der Waals surface area contributed by atoms with E-state index in [4.69, 9.17) is 26.9 Å². The van der Waals surface area contributed by atoms with E-state index in [0.29, 0.717) is 35.0 Å². The van der Waals surface area contributed by atoms with E-state index in [2.05, 4.69) is 15.8 Å². The topological polar surface area (TPSA) is 156 Å². The first-order chi connectivity index (χ1) is 18.2. The van der Waals surface area contributed by atoms with E-state index in [1.54, 1.807) is 24.3 Å². The number of anilines is 1. The third-order valence-electron chi connectivity index (χ3n) is 6.21. The minimum atomic E-state index is -1.14. The summed E-state index contributed by atoms with van der Waals surface area (Å²) in [7, 11) is 2.91. The van der Waals surface area contributed by atoms with Gasteiger partial charge in [-0.2, -0.15) is 0 Å². The zero-order valence-electron chi connectivity index (χ0n) is 21.5. The highest BCUT2D eigenvalue weighted by molar-refractivity contribution is 6.30. The molecule has 1 aliphatic rings. The van der Waals surface area contributed by atoms with Crippen molar-refractivity contribution < 1.29 is 29.1 Å². The van der Waals surface area contributed by atoms with Crippen LogP contribution in [0.1, 0.15) is 47.3 Å². The highest BCUT2D eigenvalue weighted by Crippen LogP contribution is 2.27. The summed E-state index contributed by atoms with van der Waals surface area (Å²) >= 11 is 6.18. The Labute approximate surface area is 225 Å². The van der Waals surface area contributed by atoms with Gasteiger partial charge in [0.15, 0.2) is 5.84 Å². The number of hydrogen-bond acceptors (Lipinski definition) is 7. The molecule has 0 unspecified atom stereocenters. The number of carbonyl (C=O) groups excluding carboxylic acids is 2. The van der Waals surface area contributed by atoms with Crippen LogP contribution < -0.4 is 21.1 Å². The van der Waals surface area contributed by atoms with Crippen LogP contribution in [0.25, 0.3) is 0 Å². The molecule has 3 amide bonds. The van der Waals surface area contributed by atoms with Crippen molar-refractivity contribution in [2.75, 3.05) is 33.0 Å². The molecular weight excluding hydrogens is 514 g/mol. The predicted octanol–water partition coefficient (Wildman–Crippen LogP) is 3.43. The Balaban J connectivity index is 1.89. The van der Waals surface area contributed by atoms with Gasteiger partial charge in [0.05, 0.1) is 31.2 Å². The molecule has 38 heavy (non-hydrogen) atoms. The van der Waals surface area contributed by atoms with Crippen molar-refractivity contribution >= 4 is 41.0 Å². The van der Waals surface area contributed by atoms with Crippen molar-refractivity contribution in [1.29, 1.82) is 0 Å². The quantitative estimate of drug-likeness (QED) is 0.276. The zero-order chi connectivity index (χ0) is 27.8. The number of aromatic carboxylic acids is 1. The molecule has 1 heterocycles. The largest absolute Gasteiger partial charge is 0.496 e. The number of halogens is 1. The van der Waals surface area contributed by atoms with Gasteiger partial charge in [-0.3, -0.25) is 9.69 Å². The van der Waals surface area contributed by atoms with E-state index in [-0.39, 0.29) is 30.8 Å². The van der Waals surface area contributed by atoms with Crippen molar-refractivity contribution in [3.63, 3.8) is 0 Å². The number of carboxylic acids is 1. The van der Waals surface area contributed by atoms with Crippen LogP contribution in [0.3, 0.4) is 0 Å². The number of urea groups is 1. The lowest BCUT2D eigenvalue weighted by Crippen LogP contribution is -2.48. The maximum Gasteiger partial charge on any atom is 0.337 e. The van der Waals surface area contributed by atoms with E-state index in [9.17, 15) is 19.5 Å². The standard InChI is InChI=1S/C26H32ClN5O6/c1-4-5-21(15-6-8-19(25(34)35)20(28)12-15)30-26(36)32-14-23(31-38-3)29-13-17(24(32)33)10-16-11-18(27)7-9-22(16)37-2/h6-9,11-12,17,21H,4-5,10,13-14,28H2,1-3H3,(H,29,31)(H,30,36)(H,34,35)/t17-,21+/m0/s1. The Hall–Kier alpha value is -3.99. The molecule has 204 valence electrons. The van der Waals surface area contributed by atoms with Crippen LogP contribution in [-0.4, -0.2) is 61.1 Å². The van der Waals surface area contributed by atoms with Crippen molar-refractivity contribution in [2.24, 2.45) is 11.1 Å². The number of carboxylic acid groups (broad SMARTS) is 1. The predicted molar refractivity (Wildman–Crippen MR) is 143 cm³/mol. The number of hydrogen-bond donors (Lipinski definition) is 4. The lowest BCUT2D eigenvalue weighted by molar-refractivity contribution is -0.131. The zero-order valence-corrected chi connectivity index (χ0v) is 22.2. The minimum Gasteiger partial charge on any atom is -0.496 e. The molecular formula is C26H32ClN5O6. The highest BCUT2D eigenvalue weighted by atomic mass is 35.5. The molecule has 2 aromatic carbocycles. The van der Waals surface area contributed by atoms with Gasteiger partial charge >= 0.3 is 12.0 Å². The molecule has 5 N–H and O–H groups in total. The Kier molecular flexibility index (Phi) is 9.78. The van der Waals surface area contributed by atoms with Gasteiger partial charge in [-0.25, -0.2) is 9.59 Å². The summed E-state index contributed by atoms with van der Waals surface area (Å²) in [6.07, 6.45) is 1.53. The first-order valence-corrected chi connectivity index (χ1v) is 12.5. The molecule has 0 spiro atoms. The fourth-order valence-electron chi connectivity index (χ4n) is 4.34. The maximum atomic E-state index is 13.6. The molecule has 0 aromatic heterocycles. The molecule has 0 saturated carbocycles. The third-order valence-corrected chi connectivity index (χ3v) is 6.45. The molecule has 0 aliphatic carbocycles. The van der Waals surface area contributed by atoms with Gasteiger partial charge in [-0.1, -0.05) is 36.2 Å². The number of amidine groups is 1. The minimum absolute atomic E-state index is 0.0243. The second-order valence-corrected chi connectivity index (χ2v) is 9.26. The molecule has 0 bridgehead atoms. The molecule has 2 aromatic rings. The number of oxime groups is 1. The van der Waals surface area contributed by atoms with Crippen molar-refractivity contribution in [2.45, 2.75) is 32.2 Å². The summed E-state index contributed by atoms with van der Waals surface area (Å²) in [4.78, 5) is 44.5. The van der Waals surface area contributed by atoms with E-state index in [1.807, 2.05) is 6.92 Å². The number of ether oxygens (including phenoxy) is 1. The summed E-state index contributed by atoms with van der Waals surface area (Å²) in [5.74, 6) is -1.28. The van der Waals surface area contributed by atoms with E-state index in [1.165, 1.54) is 26.4 Å². The summed E-state index contributed by atoms with van der Waals surface area (Å²) in [6, 6.07) is 8.58. The number of carbonyl (C=O) groups is 3. The number of rotatable bonds is 9. The second-order valence-electron chi connectivity index (χ2n) is 8.83. The van der Waals surface area contributed by atoms with E-state index < -0.39 is 29.9 Å². The molecule has 0 radical (unpaired) electrons. The van der Waals surface area contributed by atoms with Crippen LogP contribution in [0, 0.1) is 5.92 Å². The Bertz CT molecular complexity index is 1220. The van der Waals surface area contributed by atoms with Crippen molar-refractivity contribution in [3.8, 4) is 5.75 Å². The van der Waals surface area contributed by atoms with Gasteiger partial charge in [0, 0.05) is 17.3 Å². The number of nitrogens with one attached hydrogen (secondary N) is 2. The highest BCUT2D eigenvalue weighted by Gasteiger charge is 2.35. The normalized spacial score (nSPS) is 17.4. The maximum absolute atomic E-state index is 13.6. The van der Waals surface area contributed by atoms with Gasteiger partial charge in [0.2, 0.25) is 5.91 Å². The molecule has 1 fully saturated rings. The molecule has 11 nitrogen and oxygen atoms in total. The average Bonchev–Trinajstić information content (AvgIpc) is 3.03. The lowest BCUT2D eigenvalue weighted by atomic mass is 9.97. The van der Waals surface area contributed by atoms with Crippen LogP contribution in [0.2, 0.25) is 5.02 Å². The van der Waals surface area contributed by atoms with Crippen molar-refractivity contribution in [3.05, 3.63) is 58.1 Å². The monoisotopic (exact) mass is 545 g/mol. The fourth-order valence-corrected chi connectivity index (χ4v) is 4.53. The van der Waals surface area contributed by atoms with Gasteiger partial charge in [0.1, 0.15) is 12.9 Å². The van der Waals surface area contributed by atoms with Gasteiger partial charge in [-0.05, 0) is 54.3 Å².